The van der Waals surface area contributed by atoms with Crippen molar-refractivity contribution in [1.29, 1.82) is 0 Å². The van der Waals surface area contributed by atoms with Crippen molar-refractivity contribution in [2.24, 2.45) is 5.73 Å². The molecule has 0 aliphatic heterocycles. The van der Waals surface area contributed by atoms with Gasteiger partial charge in [0.2, 0.25) is 0 Å². The number of nitrogens with zero attached hydrogens (tertiary/aromatic N) is 1. The van der Waals surface area contributed by atoms with Crippen molar-refractivity contribution in [1.82, 2.24) is 4.90 Å². The highest BCUT2D eigenvalue weighted by Gasteiger charge is 2.17. The Bertz CT molecular complexity index is 585. The summed E-state index contributed by atoms with van der Waals surface area (Å²) in [7, 11) is 2.01. The third-order valence-corrected chi connectivity index (χ3v) is 4.94. The second kappa shape index (κ2) is 6.80. The zero-order valence-electron chi connectivity index (χ0n) is 11.6. The van der Waals surface area contributed by atoms with Gasteiger partial charge >= 0.3 is 0 Å². The Morgan fingerprint density at radius 3 is 2.70 bits per heavy atom. The summed E-state index contributed by atoms with van der Waals surface area (Å²) in [5.41, 5.74) is 8.70. The largest absolute Gasteiger partial charge is 0.329 e. The fourth-order valence-corrected chi connectivity index (χ4v) is 3.41. The zero-order chi connectivity index (χ0) is 14.7. The van der Waals surface area contributed by atoms with E-state index in [0.717, 1.165) is 15.9 Å². The molecule has 1 aromatic carbocycles. The van der Waals surface area contributed by atoms with Gasteiger partial charge in [-0.15, -0.1) is 11.3 Å². The molecule has 0 aliphatic carbocycles. The number of nitrogens with two attached hydrogens (primary N) is 1. The molecular formula is C15H18BrFN2S. The first-order valence-electron chi connectivity index (χ1n) is 6.40. The van der Waals surface area contributed by atoms with Crippen LogP contribution in [0.1, 0.15) is 22.7 Å². The number of likely N-dealkylation sites (N-methyl/N-ethyl adjacent to an activating group) is 1. The molecule has 0 fully saturated rings. The quantitative estimate of drug-likeness (QED) is 0.873. The average molecular weight is 357 g/mol. The fraction of sp³-hybridized carbons (Fsp3) is 0.333. The van der Waals surface area contributed by atoms with E-state index in [4.69, 9.17) is 5.73 Å². The Balaban J connectivity index is 2.16. The molecule has 2 rings (SSSR count). The van der Waals surface area contributed by atoms with Crippen LogP contribution in [0.15, 0.2) is 33.4 Å². The predicted molar refractivity (Wildman–Crippen MR) is 86.4 cm³/mol. The SMILES string of the molecule is Cc1ccc(C(CN)N(C)Cc2csc(Br)c2)cc1F. The van der Waals surface area contributed by atoms with Gasteiger partial charge in [0.05, 0.1) is 3.79 Å². The molecular weight excluding hydrogens is 339 g/mol. The second-order valence-corrected chi connectivity index (χ2v) is 7.22. The lowest BCUT2D eigenvalue weighted by molar-refractivity contribution is 0.241. The van der Waals surface area contributed by atoms with Crippen molar-refractivity contribution >= 4 is 27.3 Å². The van der Waals surface area contributed by atoms with Crippen molar-refractivity contribution in [3.05, 3.63) is 55.9 Å². The van der Waals surface area contributed by atoms with Crippen molar-refractivity contribution in [2.75, 3.05) is 13.6 Å². The number of aryl methyl sites for hydroxylation is 1. The van der Waals surface area contributed by atoms with Crippen LogP contribution in [0.25, 0.3) is 0 Å². The maximum atomic E-state index is 13.7. The van der Waals surface area contributed by atoms with Gasteiger partial charge in [0, 0.05) is 19.1 Å². The standard InChI is InChI=1S/C15H18BrFN2S/c1-10-3-4-12(6-13(10)17)14(7-18)19(2)8-11-5-15(16)20-9-11/h3-6,9,14H,7-8,18H2,1-2H3. The molecule has 5 heteroatoms. The van der Waals surface area contributed by atoms with Crippen molar-refractivity contribution in [3.63, 3.8) is 0 Å². The molecule has 2 aromatic rings. The minimum absolute atomic E-state index is 0.0174. The van der Waals surface area contributed by atoms with Crippen LogP contribution < -0.4 is 5.73 Å². The molecule has 0 saturated heterocycles. The van der Waals surface area contributed by atoms with E-state index in [2.05, 4.69) is 32.3 Å². The highest BCUT2D eigenvalue weighted by atomic mass is 79.9. The van der Waals surface area contributed by atoms with Crippen LogP contribution >= 0.6 is 27.3 Å². The van der Waals surface area contributed by atoms with Gasteiger partial charge in [-0.25, -0.2) is 4.39 Å². The number of halogens is 2. The van der Waals surface area contributed by atoms with Gasteiger partial charge in [0.15, 0.2) is 0 Å². The van der Waals surface area contributed by atoms with Crippen molar-refractivity contribution in [2.45, 2.75) is 19.5 Å². The summed E-state index contributed by atoms with van der Waals surface area (Å²) in [6.45, 7) is 3.02. The van der Waals surface area contributed by atoms with Crippen LogP contribution in [0.4, 0.5) is 4.39 Å². The summed E-state index contributed by atoms with van der Waals surface area (Å²) in [4.78, 5) is 2.15. The summed E-state index contributed by atoms with van der Waals surface area (Å²) in [5.74, 6) is -0.173. The minimum atomic E-state index is -0.173. The lowest BCUT2D eigenvalue weighted by Crippen LogP contribution is -2.30. The fourth-order valence-electron chi connectivity index (χ4n) is 2.21. The molecule has 0 spiro atoms. The van der Waals surface area contributed by atoms with Gasteiger partial charge in [-0.3, -0.25) is 4.90 Å². The molecule has 2 N–H and O–H groups in total. The number of hydrogen-bond acceptors (Lipinski definition) is 3. The summed E-state index contributed by atoms with van der Waals surface area (Å²) >= 11 is 5.13. The van der Waals surface area contributed by atoms with Crippen LogP contribution in [0.3, 0.4) is 0 Å². The number of rotatable bonds is 5. The Labute approximate surface area is 131 Å². The van der Waals surface area contributed by atoms with Gasteiger partial charge in [-0.1, -0.05) is 12.1 Å². The number of hydrogen-bond donors (Lipinski definition) is 1. The summed E-state index contributed by atoms with van der Waals surface area (Å²) < 4.78 is 14.8. The molecule has 0 saturated carbocycles. The molecule has 0 radical (unpaired) electrons. The van der Waals surface area contributed by atoms with E-state index in [1.165, 1.54) is 5.56 Å². The van der Waals surface area contributed by atoms with Crippen LogP contribution in [0.5, 0.6) is 0 Å². The number of benzene rings is 1. The topological polar surface area (TPSA) is 29.3 Å². The third kappa shape index (κ3) is 3.67. The Kier molecular flexibility index (Phi) is 5.32. The predicted octanol–water partition coefficient (Wildman–Crippen LogP) is 4.09. The summed E-state index contributed by atoms with van der Waals surface area (Å²) in [6, 6.07) is 7.47. The van der Waals surface area contributed by atoms with Crippen LogP contribution in [0, 0.1) is 12.7 Å². The van der Waals surface area contributed by atoms with Gasteiger partial charge in [-0.05, 0) is 64.1 Å². The maximum absolute atomic E-state index is 13.7. The minimum Gasteiger partial charge on any atom is -0.329 e. The smallest absolute Gasteiger partial charge is 0.126 e. The molecule has 0 aliphatic rings. The molecule has 1 heterocycles. The second-order valence-electron chi connectivity index (χ2n) is 4.93. The van der Waals surface area contributed by atoms with E-state index >= 15 is 0 Å². The van der Waals surface area contributed by atoms with Gasteiger partial charge in [0.25, 0.3) is 0 Å². The van der Waals surface area contributed by atoms with E-state index in [9.17, 15) is 4.39 Å². The zero-order valence-corrected chi connectivity index (χ0v) is 14.0. The first-order valence-corrected chi connectivity index (χ1v) is 8.07. The lowest BCUT2D eigenvalue weighted by Gasteiger charge is -2.27. The average Bonchev–Trinajstić information content (AvgIpc) is 2.80. The summed E-state index contributed by atoms with van der Waals surface area (Å²) in [6.07, 6.45) is 0. The van der Waals surface area contributed by atoms with Crippen LogP contribution in [-0.2, 0) is 6.54 Å². The van der Waals surface area contributed by atoms with E-state index in [1.807, 2.05) is 19.2 Å². The van der Waals surface area contributed by atoms with E-state index in [1.54, 1.807) is 24.3 Å². The Hall–Kier alpha value is -0.750. The first kappa shape index (κ1) is 15.6. The molecule has 20 heavy (non-hydrogen) atoms. The monoisotopic (exact) mass is 356 g/mol. The molecule has 1 aromatic heterocycles. The highest BCUT2D eigenvalue weighted by molar-refractivity contribution is 9.11. The highest BCUT2D eigenvalue weighted by Crippen LogP contribution is 2.25. The molecule has 0 bridgehead atoms. The first-order chi connectivity index (χ1) is 9.51. The number of thiophene rings is 1. The van der Waals surface area contributed by atoms with Crippen LogP contribution in [0.2, 0.25) is 0 Å². The molecule has 2 nitrogen and oxygen atoms in total. The Morgan fingerprint density at radius 1 is 1.40 bits per heavy atom. The van der Waals surface area contributed by atoms with Gasteiger partial charge < -0.3 is 5.73 Å². The molecule has 1 unspecified atom stereocenters. The Morgan fingerprint density at radius 2 is 2.15 bits per heavy atom. The van der Waals surface area contributed by atoms with E-state index in [-0.39, 0.29) is 11.9 Å². The van der Waals surface area contributed by atoms with Crippen molar-refractivity contribution in [3.8, 4) is 0 Å². The third-order valence-electron chi connectivity index (χ3n) is 3.39. The summed E-state index contributed by atoms with van der Waals surface area (Å²) in [5, 5.41) is 2.11. The van der Waals surface area contributed by atoms with Gasteiger partial charge in [0.1, 0.15) is 5.82 Å². The van der Waals surface area contributed by atoms with Crippen molar-refractivity contribution < 1.29 is 4.39 Å². The molecule has 0 amide bonds. The van der Waals surface area contributed by atoms with E-state index in [0.29, 0.717) is 12.1 Å². The van der Waals surface area contributed by atoms with Gasteiger partial charge in [-0.2, -0.15) is 0 Å². The molecule has 1 atom stereocenters. The maximum Gasteiger partial charge on any atom is 0.126 e. The normalized spacial score (nSPS) is 12.9. The lowest BCUT2D eigenvalue weighted by atomic mass is 10.0. The molecule has 108 valence electrons. The van der Waals surface area contributed by atoms with Crippen LogP contribution in [-0.4, -0.2) is 18.5 Å². The van der Waals surface area contributed by atoms with E-state index < -0.39 is 0 Å².